The number of aromatic nitrogens is 2. The van der Waals surface area contributed by atoms with Crippen LogP contribution in [0.15, 0.2) is 24.5 Å². The predicted molar refractivity (Wildman–Crippen MR) is 79.4 cm³/mol. The number of ether oxygens (including phenoxy) is 1. The molecule has 0 fully saturated rings. The van der Waals surface area contributed by atoms with Crippen LogP contribution in [0.1, 0.15) is 6.92 Å². The Morgan fingerprint density at radius 2 is 2.00 bits per heavy atom. The summed E-state index contributed by atoms with van der Waals surface area (Å²) in [6.07, 6.45) is 2.92. The molecule has 1 heterocycles. The summed E-state index contributed by atoms with van der Waals surface area (Å²) in [5.74, 6) is 0.794. The second kappa shape index (κ2) is 6.55. The fraction of sp³-hybridized carbons (Fsp3) is 0.167. The molecule has 9 heteroatoms. The van der Waals surface area contributed by atoms with Gasteiger partial charge in [-0.2, -0.15) is 4.98 Å². The standard InChI is InChI=1S/C12H10Cl2N4O3/c1-2-16-10-5-15-6-11(17-10)21-12-8(13)3-7(18(19)20)4-9(12)14/h3-6H,2H2,1H3,(H,16,17). The lowest BCUT2D eigenvalue weighted by Crippen LogP contribution is -2.01. The van der Waals surface area contributed by atoms with Crippen molar-refractivity contribution in [1.29, 1.82) is 0 Å². The number of hydrogen-bond acceptors (Lipinski definition) is 6. The highest BCUT2D eigenvalue weighted by molar-refractivity contribution is 6.37. The van der Waals surface area contributed by atoms with Crippen molar-refractivity contribution in [1.82, 2.24) is 9.97 Å². The molecular weight excluding hydrogens is 319 g/mol. The first-order chi connectivity index (χ1) is 10.0. The Hall–Kier alpha value is -2.12. The average Bonchev–Trinajstić information content (AvgIpc) is 2.43. The Bertz CT molecular complexity index is 658. The van der Waals surface area contributed by atoms with E-state index in [9.17, 15) is 10.1 Å². The largest absolute Gasteiger partial charge is 0.434 e. The molecule has 0 bridgehead atoms. The molecule has 0 aliphatic rings. The number of nitrogens with one attached hydrogen (secondary N) is 1. The van der Waals surface area contributed by atoms with Crippen molar-refractivity contribution in [2.45, 2.75) is 6.92 Å². The van der Waals surface area contributed by atoms with E-state index in [1.165, 1.54) is 12.4 Å². The third-order valence-electron chi connectivity index (χ3n) is 2.37. The topological polar surface area (TPSA) is 90.2 Å². The summed E-state index contributed by atoms with van der Waals surface area (Å²) in [6, 6.07) is 2.31. The van der Waals surface area contributed by atoms with Gasteiger partial charge in [-0.1, -0.05) is 23.2 Å². The normalized spacial score (nSPS) is 10.2. The van der Waals surface area contributed by atoms with E-state index in [0.717, 1.165) is 12.1 Å². The maximum absolute atomic E-state index is 10.7. The van der Waals surface area contributed by atoms with Gasteiger partial charge in [0.1, 0.15) is 5.82 Å². The first-order valence-corrected chi connectivity index (χ1v) is 6.64. The molecule has 21 heavy (non-hydrogen) atoms. The van der Waals surface area contributed by atoms with Gasteiger partial charge in [0.2, 0.25) is 5.88 Å². The molecule has 0 saturated heterocycles. The van der Waals surface area contributed by atoms with Crippen LogP contribution in [0.25, 0.3) is 0 Å². The van der Waals surface area contributed by atoms with E-state index in [1.807, 2.05) is 6.92 Å². The van der Waals surface area contributed by atoms with E-state index in [0.29, 0.717) is 12.4 Å². The third kappa shape index (κ3) is 3.71. The molecule has 0 unspecified atom stereocenters. The molecule has 0 amide bonds. The minimum absolute atomic E-state index is 0.0184. The number of halogens is 2. The van der Waals surface area contributed by atoms with Gasteiger partial charge in [-0.05, 0) is 6.92 Å². The Labute approximate surface area is 130 Å². The lowest BCUT2D eigenvalue weighted by atomic mass is 10.3. The van der Waals surface area contributed by atoms with Gasteiger partial charge in [0.15, 0.2) is 5.75 Å². The maximum atomic E-state index is 10.7. The van der Waals surface area contributed by atoms with Crippen LogP contribution >= 0.6 is 23.2 Å². The number of benzene rings is 1. The van der Waals surface area contributed by atoms with Crippen LogP contribution in [0.3, 0.4) is 0 Å². The minimum atomic E-state index is -0.590. The summed E-state index contributed by atoms with van der Waals surface area (Å²) in [4.78, 5) is 18.2. The van der Waals surface area contributed by atoms with Crippen molar-refractivity contribution in [3.63, 3.8) is 0 Å². The zero-order chi connectivity index (χ0) is 15.4. The van der Waals surface area contributed by atoms with E-state index in [2.05, 4.69) is 15.3 Å². The Morgan fingerprint density at radius 1 is 1.33 bits per heavy atom. The van der Waals surface area contributed by atoms with E-state index in [-0.39, 0.29) is 27.4 Å². The highest BCUT2D eigenvalue weighted by atomic mass is 35.5. The number of anilines is 1. The molecule has 0 aliphatic carbocycles. The molecule has 2 rings (SSSR count). The number of nitro groups is 1. The molecule has 0 atom stereocenters. The fourth-order valence-corrected chi connectivity index (χ4v) is 2.07. The summed E-state index contributed by atoms with van der Waals surface area (Å²) in [7, 11) is 0. The first kappa shape index (κ1) is 15.3. The zero-order valence-corrected chi connectivity index (χ0v) is 12.4. The van der Waals surface area contributed by atoms with Crippen LogP contribution in [0.4, 0.5) is 11.5 Å². The van der Waals surface area contributed by atoms with Gasteiger partial charge in [-0.25, -0.2) is 0 Å². The molecule has 2 aromatic rings. The summed E-state index contributed by atoms with van der Waals surface area (Å²) in [5, 5.41) is 13.7. The highest BCUT2D eigenvalue weighted by Crippen LogP contribution is 2.38. The minimum Gasteiger partial charge on any atom is -0.434 e. The van der Waals surface area contributed by atoms with Crippen LogP contribution in [0.5, 0.6) is 11.6 Å². The van der Waals surface area contributed by atoms with Crippen molar-refractivity contribution in [3.05, 3.63) is 44.7 Å². The van der Waals surface area contributed by atoms with E-state index in [4.69, 9.17) is 27.9 Å². The SMILES string of the molecule is CCNc1cncc(Oc2c(Cl)cc([N+](=O)[O-])cc2Cl)n1. The van der Waals surface area contributed by atoms with Gasteiger partial charge in [-0.15, -0.1) is 0 Å². The van der Waals surface area contributed by atoms with Crippen molar-refractivity contribution < 1.29 is 9.66 Å². The molecule has 0 radical (unpaired) electrons. The number of rotatable bonds is 5. The van der Waals surface area contributed by atoms with Gasteiger partial charge in [-0.3, -0.25) is 15.1 Å². The second-order valence-corrected chi connectivity index (χ2v) is 4.68. The third-order valence-corrected chi connectivity index (χ3v) is 2.93. The summed E-state index contributed by atoms with van der Waals surface area (Å²) in [5.41, 5.74) is -0.218. The van der Waals surface area contributed by atoms with Crippen molar-refractivity contribution >= 4 is 34.7 Å². The number of non-ortho nitro benzene ring substituents is 1. The summed E-state index contributed by atoms with van der Waals surface area (Å²) < 4.78 is 5.46. The fourth-order valence-electron chi connectivity index (χ4n) is 1.52. The van der Waals surface area contributed by atoms with E-state index in [1.54, 1.807) is 0 Å². The van der Waals surface area contributed by atoms with Crippen LogP contribution < -0.4 is 10.1 Å². The molecule has 1 N–H and O–H groups in total. The molecule has 1 aromatic carbocycles. The Kier molecular flexibility index (Phi) is 4.77. The van der Waals surface area contributed by atoms with E-state index < -0.39 is 4.92 Å². The quantitative estimate of drug-likeness (QED) is 0.660. The molecule has 0 spiro atoms. The number of nitrogens with zero attached hydrogens (tertiary/aromatic N) is 3. The van der Waals surface area contributed by atoms with Gasteiger partial charge in [0.25, 0.3) is 5.69 Å². The molecule has 7 nitrogen and oxygen atoms in total. The monoisotopic (exact) mass is 328 g/mol. The second-order valence-electron chi connectivity index (χ2n) is 3.87. The molecule has 0 aliphatic heterocycles. The summed E-state index contributed by atoms with van der Waals surface area (Å²) in [6.45, 7) is 2.59. The van der Waals surface area contributed by atoms with Crippen molar-refractivity contribution in [2.24, 2.45) is 0 Å². The van der Waals surface area contributed by atoms with E-state index >= 15 is 0 Å². The van der Waals surface area contributed by atoms with Gasteiger partial charge >= 0.3 is 0 Å². The Balaban J connectivity index is 2.31. The smallest absolute Gasteiger partial charge is 0.272 e. The van der Waals surface area contributed by atoms with Crippen LogP contribution in [-0.4, -0.2) is 21.4 Å². The Morgan fingerprint density at radius 3 is 2.57 bits per heavy atom. The highest BCUT2D eigenvalue weighted by Gasteiger charge is 2.17. The zero-order valence-electron chi connectivity index (χ0n) is 10.8. The first-order valence-electron chi connectivity index (χ1n) is 5.88. The lowest BCUT2D eigenvalue weighted by molar-refractivity contribution is -0.384. The van der Waals surface area contributed by atoms with Gasteiger partial charge in [0, 0.05) is 18.7 Å². The average molecular weight is 329 g/mol. The molecule has 110 valence electrons. The van der Waals surface area contributed by atoms with Crippen LogP contribution in [0, 0.1) is 10.1 Å². The summed E-state index contributed by atoms with van der Waals surface area (Å²) >= 11 is 11.9. The molecule has 1 aromatic heterocycles. The lowest BCUT2D eigenvalue weighted by Gasteiger charge is -2.09. The molecule has 0 saturated carbocycles. The predicted octanol–water partition coefficient (Wildman–Crippen LogP) is 3.92. The number of hydrogen-bond donors (Lipinski definition) is 1. The molecular formula is C12H10Cl2N4O3. The van der Waals surface area contributed by atoms with Gasteiger partial charge in [0.05, 0.1) is 27.4 Å². The maximum Gasteiger partial charge on any atom is 0.272 e. The van der Waals surface area contributed by atoms with Crippen molar-refractivity contribution in [3.8, 4) is 11.6 Å². The van der Waals surface area contributed by atoms with Gasteiger partial charge < -0.3 is 10.1 Å². The number of nitro benzene ring substituents is 1. The van der Waals surface area contributed by atoms with Crippen LogP contribution in [0.2, 0.25) is 10.0 Å². The van der Waals surface area contributed by atoms with Crippen LogP contribution in [-0.2, 0) is 0 Å². The van der Waals surface area contributed by atoms with Crippen molar-refractivity contribution in [2.75, 3.05) is 11.9 Å².